The predicted octanol–water partition coefficient (Wildman–Crippen LogP) is 2.97. The van der Waals surface area contributed by atoms with Gasteiger partial charge < -0.3 is 5.32 Å². The first kappa shape index (κ1) is 13.8. The van der Waals surface area contributed by atoms with Gasteiger partial charge in [-0.1, -0.05) is 18.2 Å². The van der Waals surface area contributed by atoms with Gasteiger partial charge in [0.05, 0.1) is 11.8 Å². The molecule has 0 bridgehead atoms. The van der Waals surface area contributed by atoms with E-state index in [1.54, 1.807) is 23.0 Å². The van der Waals surface area contributed by atoms with Gasteiger partial charge >= 0.3 is 0 Å². The summed E-state index contributed by atoms with van der Waals surface area (Å²) >= 11 is 0. The molecule has 0 saturated carbocycles. The second kappa shape index (κ2) is 6.10. The number of anilines is 1. The minimum atomic E-state index is 0.547. The van der Waals surface area contributed by atoms with Crippen LogP contribution in [0.25, 0.3) is 11.1 Å². The molecule has 0 unspecified atom stereocenters. The van der Waals surface area contributed by atoms with E-state index in [2.05, 4.69) is 33.6 Å². The number of nitriles is 1. The summed E-state index contributed by atoms with van der Waals surface area (Å²) in [4.78, 5) is 4.20. The molecule has 5 heteroatoms. The number of rotatable bonds is 4. The summed E-state index contributed by atoms with van der Waals surface area (Å²) in [6.07, 6.45) is 5.51. The molecule has 0 aliphatic heterocycles. The highest BCUT2D eigenvalue weighted by Crippen LogP contribution is 2.20. The highest BCUT2D eigenvalue weighted by Gasteiger charge is 2.04. The summed E-state index contributed by atoms with van der Waals surface area (Å²) in [6.45, 7) is 0.611. The van der Waals surface area contributed by atoms with Crippen LogP contribution in [-0.2, 0) is 13.6 Å². The van der Waals surface area contributed by atoms with Crippen molar-refractivity contribution in [1.82, 2.24) is 14.8 Å². The first-order valence-electron chi connectivity index (χ1n) is 6.93. The molecule has 0 spiro atoms. The fraction of sp³-hybridized carbons (Fsp3) is 0.118. The third kappa shape index (κ3) is 2.96. The summed E-state index contributed by atoms with van der Waals surface area (Å²) < 4.78 is 1.79. The highest BCUT2D eigenvalue weighted by atomic mass is 15.2. The van der Waals surface area contributed by atoms with Gasteiger partial charge in [0.25, 0.3) is 0 Å². The Morgan fingerprint density at radius 2 is 2.14 bits per heavy atom. The van der Waals surface area contributed by atoms with Crippen molar-refractivity contribution in [3.63, 3.8) is 0 Å². The monoisotopic (exact) mass is 289 g/mol. The predicted molar refractivity (Wildman–Crippen MR) is 84.9 cm³/mol. The van der Waals surface area contributed by atoms with Crippen molar-refractivity contribution in [2.75, 3.05) is 5.32 Å². The van der Waals surface area contributed by atoms with Crippen molar-refractivity contribution in [2.45, 2.75) is 6.54 Å². The zero-order valence-corrected chi connectivity index (χ0v) is 12.2. The minimum absolute atomic E-state index is 0.547. The lowest BCUT2D eigenvalue weighted by Crippen LogP contribution is -2.03. The Morgan fingerprint density at radius 3 is 2.91 bits per heavy atom. The second-order valence-corrected chi connectivity index (χ2v) is 4.97. The molecule has 5 nitrogen and oxygen atoms in total. The van der Waals surface area contributed by atoms with Gasteiger partial charge in [0.15, 0.2) is 0 Å². The first-order chi connectivity index (χ1) is 10.8. The molecule has 108 valence electrons. The third-order valence-corrected chi connectivity index (χ3v) is 3.35. The number of aryl methyl sites for hydroxylation is 1. The van der Waals surface area contributed by atoms with Gasteiger partial charge in [-0.2, -0.15) is 10.4 Å². The van der Waals surface area contributed by atoms with Crippen LogP contribution in [0.5, 0.6) is 0 Å². The van der Waals surface area contributed by atoms with Gasteiger partial charge in [0, 0.05) is 31.5 Å². The summed E-state index contributed by atoms with van der Waals surface area (Å²) in [5.74, 6) is 0.608. The Labute approximate surface area is 128 Å². The van der Waals surface area contributed by atoms with Gasteiger partial charge in [0.2, 0.25) is 0 Å². The lowest BCUT2D eigenvalue weighted by atomic mass is 10.1. The molecule has 0 saturated heterocycles. The highest BCUT2D eigenvalue weighted by molar-refractivity contribution is 5.62. The zero-order valence-electron chi connectivity index (χ0n) is 12.2. The number of hydrogen-bond acceptors (Lipinski definition) is 4. The molecule has 0 amide bonds. The maximum absolute atomic E-state index is 9.07. The molecular weight excluding hydrogens is 274 g/mol. The van der Waals surface area contributed by atoms with Crippen molar-refractivity contribution in [1.29, 1.82) is 5.26 Å². The van der Waals surface area contributed by atoms with Crippen LogP contribution < -0.4 is 5.32 Å². The topological polar surface area (TPSA) is 66.5 Å². The van der Waals surface area contributed by atoms with Crippen LogP contribution in [0.2, 0.25) is 0 Å². The zero-order chi connectivity index (χ0) is 15.4. The van der Waals surface area contributed by atoms with Crippen LogP contribution in [0.15, 0.2) is 55.0 Å². The molecular formula is C17H15N5. The molecule has 22 heavy (non-hydrogen) atoms. The molecule has 3 rings (SSSR count). The van der Waals surface area contributed by atoms with Crippen LogP contribution in [0, 0.1) is 11.3 Å². The largest absolute Gasteiger partial charge is 0.365 e. The van der Waals surface area contributed by atoms with E-state index in [0.717, 1.165) is 16.7 Å². The lowest BCUT2D eigenvalue weighted by molar-refractivity contribution is 0.768. The fourth-order valence-corrected chi connectivity index (χ4v) is 2.25. The van der Waals surface area contributed by atoms with Crippen molar-refractivity contribution >= 4 is 5.82 Å². The Morgan fingerprint density at radius 1 is 1.23 bits per heavy atom. The second-order valence-electron chi connectivity index (χ2n) is 4.97. The van der Waals surface area contributed by atoms with E-state index in [4.69, 9.17) is 5.26 Å². The molecule has 0 aliphatic carbocycles. The number of pyridine rings is 1. The Bertz CT molecular complexity index is 829. The molecule has 0 aliphatic rings. The van der Waals surface area contributed by atoms with Crippen molar-refractivity contribution in [2.24, 2.45) is 7.05 Å². The van der Waals surface area contributed by atoms with Crippen molar-refractivity contribution in [3.8, 4) is 17.2 Å². The van der Waals surface area contributed by atoms with E-state index in [1.165, 1.54) is 0 Å². The van der Waals surface area contributed by atoms with Gasteiger partial charge in [-0.3, -0.25) is 4.68 Å². The van der Waals surface area contributed by atoms with Gasteiger partial charge in [-0.05, 0) is 29.3 Å². The summed E-state index contributed by atoms with van der Waals surface area (Å²) in [7, 11) is 1.90. The molecule has 3 aromatic rings. The summed E-state index contributed by atoms with van der Waals surface area (Å²) in [6, 6.07) is 13.9. The van der Waals surface area contributed by atoms with Gasteiger partial charge in [-0.25, -0.2) is 4.98 Å². The fourth-order valence-electron chi connectivity index (χ4n) is 2.25. The molecule has 0 fully saturated rings. The molecule has 2 heterocycles. The van der Waals surface area contributed by atoms with Crippen molar-refractivity contribution < 1.29 is 0 Å². The SMILES string of the molecule is Cn1cc(-c2cccc(CNc3ncccc3C#N)c2)cn1. The van der Waals surface area contributed by atoms with E-state index in [0.29, 0.717) is 17.9 Å². The van der Waals surface area contributed by atoms with E-state index in [-0.39, 0.29) is 0 Å². The Kier molecular flexibility index (Phi) is 3.84. The molecule has 2 aromatic heterocycles. The standard InChI is InChI=1S/C17H15N5/c1-22-12-16(11-21-22)14-5-2-4-13(8-14)10-20-17-15(9-18)6-3-7-19-17/h2-8,11-12H,10H2,1H3,(H,19,20). The van der Waals surface area contributed by atoms with Crippen LogP contribution in [-0.4, -0.2) is 14.8 Å². The smallest absolute Gasteiger partial charge is 0.144 e. The number of benzene rings is 1. The maximum atomic E-state index is 9.07. The van der Waals surface area contributed by atoms with Crippen LogP contribution >= 0.6 is 0 Å². The van der Waals surface area contributed by atoms with Crippen molar-refractivity contribution in [3.05, 3.63) is 66.1 Å². The molecule has 1 N–H and O–H groups in total. The number of nitrogens with zero attached hydrogens (tertiary/aromatic N) is 4. The first-order valence-corrected chi connectivity index (χ1v) is 6.93. The van der Waals surface area contributed by atoms with Gasteiger partial charge in [0.1, 0.15) is 11.9 Å². The quantitative estimate of drug-likeness (QED) is 0.802. The number of aromatic nitrogens is 3. The van der Waals surface area contributed by atoms with E-state index in [9.17, 15) is 0 Å². The van der Waals surface area contributed by atoms with Crippen LogP contribution in [0.1, 0.15) is 11.1 Å². The molecule has 0 radical (unpaired) electrons. The van der Waals surface area contributed by atoms with Crippen LogP contribution in [0.4, 0.5) is 5.82 Å². The Balaban J connectivity index is 1.78. The summed E-state index contributed by atoms with van der Waals surface area (Å²) in [5.41, 5.74) is 3.87. The van der Waals surface area contributed by atoms with Gasteiger partial charge in [-0.15, -0.1) is 0 Å². The van der Waals surface area contributed by atoms with Crippen LogP contribution in [0.3, 0.4) is 0 Å². The summed E-state index contributed by atoms with van der Waals surface area (Å²) in [5, 5.41) is 16.5. The van der Waals surface area contributed by atoms with E-state index in [1.807, 2.05) is 31.6 Å². The average Bonchev–Trinajstić information content (AvgIpc) is 3.00. The minimum Gasteiger partial charge on any atom is -0.365 e. The van der Waals surface area contributed by atoms with E-state index < -0.39 is 0 Å². The molecule has 1 aromatic carbocycles. The normalized spacial score (nSPS) is 10.2. The molecule has 0 atom stereocenters. The maximum Gasteiger partial charge on any atom is 0.144 e. The number of hydrogen-bond donors (Lipinski definition) is 1. The average molecular weight is 289 g/mol. The Hall–Kier alpha value is -3.13. The van der Waals surface area contributed by atoms with E-state index >= 15 is 0 Å². The lowest BCUT2D eigenvalue weighted by Gasteiger charge is -2.08. The third-order valence-electron chi connectivity index (χ3n) is 3.35. The number of nitrogens with one attached hydrogen (secondary N) is 1.